The highest BCUT2D eigenvalue weighted by Crippen LogP contribution is 2.23. The van der Waals surface area contributed by atoms with E-state index in [1.165, 1.54) is 24.3 Å². The molecule has 0 aliphatic carbocycles. The number of nitrogens with zero attached hydrogens (tertiary/aromatic N) is 1. The maximum Gasteiger partial charge on any atom is 0.253 e. The first-order valence-electron chi connectivity index (χ1n) is 8.15. The highest BCUT2D eigenvalue weighted by Gasteiger charge is 2.28. The lowest BCUT2D eigenvalue weighted by Crippen LogP contribution is -2.41. The zero-order valence-electron chi connectivity index (χ0n) is 13.5. The van der Waals surface area contributed by atoms with Gasteiger partial charge in [-0.1, -0.05) is 12.1 Å². The lowest BCUT2D eigenvalue weighted by molar-refractivity contribution is -0.121. The Kier molecular flexibility index (Phi) is 5.67. The van der Waals surface area contributed by atoms with Crippen molar-refractivity contribution < 1.29 is 14.0 Å². The molecule has 3 rings (SSSR count). The SMILES string of the molecule is O=C(Nc1ccccc1I)C1CCN(C(=O)c2ccc(F)cc2)CC1. The van der Waals surface area contributed by atoms with Crippen LogP contribution in [-0.2, 0) is 4.79 Å². The number of rotatable bonds is 3. The van der Waals surface area contributed by atoms with Crippen molar-refractivity contribution in [2.45, 2.75) is 12.8 Å². The number of para-hydroxylation sites is 1. The van der Waals surface area contributed by atoms with Crippen LogP contribution in [0, 0.1) is 15.3 Å². The molecule has 1 fully saturated rings. The van der Waals surface area contributed by atoms with Gasteiger partial charge in [0.2, 0.25) is 5.91 Å². The Morgan fingerprint density at radius 1 is 1.04 bits per heavy atom. The number of hydrogen-bond donors (Lipinski definition) is 1. The molecule has 2 amide bonds. The number of halogens is 2. The summed E-state index contributed by atoms with van der Waals surface area (Å²) in [4.78, 5) is 26.6. The Labute approximate surface area is 159 Å². The van der Waals surface area contributed by atoms with Crippen LogP contribution in [0.15, 0.2) is 48.5 Å². The molecule has 2 aromatic carbocycles. The fourth-order valence-corrected chi connectivity index (χ4v) is 3.44. The average Bonchev–Trinajstić information content (AvgIpc) is 2.64. The monoisotopic (exact) mass is 452 g/mol. The average molecular weight is 452 g/mol. The molecule has 0 unspecified atom stereocenters. The molecule has 130 valence electrons. The summed E-state index contributed by atoms with van der Waals surface area (Å²) in [6.07, 6.45) is 1.25. The van der Waals surface area contributed by atoms with Gasteiger partial charge in [0.25, 0.3) is 5.91 Å². The standard InChI is InChI=1S/C19H18FIN2O2/c20-15-7-5-14(6-8-15)19(25)23-11-9-13(10-12-23)18(24)22-17-4-2-1-3-16(17)21/h1-8,13H,9-12H2,(H,22,24). The minimum atomic E-state index is -0.359. The lowest BCUT2D eigenvalue weighted by atomic mass is 9.95. The summed E-state index contributed by atoms with van der Waals surface area (Å²) in [6.45, 7) is 1.06. The zero-order valence-corrected chi connectivity index (χ0v) is 15.7. The van der Waals surface area contributed by atoms with Crippen molar-refractivity contribution in [1.82, 2.24) is 4.90 Å². The van der Waals surface area contributed by atoms with Gasteiger partial charge in [0.1, 0.15) is 5.82 Å². The Hall–Kier alpha value is -1.96. The topological polar surface area (TPSA) is 49.4 Å². The molecule has 1 N–H and O–H groups in total. The normalized spacial score (nSPS) is 15.0. The van der Waals surface area contributed by atoms with Gasteiger partial charge in [0.05, 0.1) is 5.69 Å². The molecular formula is C19H18FIN2O2. The van der Waals surface area contributed by atoms with Crippen molar-refractivity contribution in [3.8, 4) is 0 Å². The van der Waals surface area contributed by atoms with Gasteiger partial charge >= 0.3 is 0 Å². The fraction of sp³-hybridized carbons (Fsp3) is 0.263. The smallest absolute Gasteiger partial charge is 0.253 e. The molecule has 0 aromatic heterocycles. The second-order valence-corrected chi connectivity index (χ2v) is 7.20. The van der Waals surface area contributed by atoms with Gasteiger partial charge in [0, 0.05) is 28.1 Å². The maximum atomic E-state index is 13.0. The number of carbonyl (C=O) groups is 2. The maximum absolute atomic E-state index is 13.0. The summed E-state index contributed by atoms with van der Waals surface area (Å²) < 4.78 is 14.0. The second-order valence-electron chi connectivity index (χ2n) is 6.04. The van der Waals surface area contributed by atoms with E-state index in [1.54, 1.807) is 4.90 Å². The van der Waals surface area contributed by atoms with Crippen LogP contribution in [0.3, 0.4) is 0 Å². The summed E-state index contributed by atoms with van der Waals surface area (Å²) in [6, 6.07) is 13.2. The highest BCUT2D eigenvalue weighted by molar-refractivity contribution is 14.1. The van der Waals surface area contributed by atoms with E-state index in [1.807, 2.05) is 24.3 Å². The predicted octanol–water partition coefficient (Wildman–Crippen LogP) is 3.92. The van der Waals surface area contributed by atoms with Crippen LogP contribution in [0.1, 0.15) is 23.2 Å². The van der Waals surface area contributed by atoms with Crippen molar-refractivity contribution >= 4 is 40.1 Å². The Bertz CT molecular complexity index is 771. The molecule has 25 heavy (non-hydrogen) atoms. The van der Waals surface area contributed by atoms with Gasteiger partial charge in [0.15, 0.2) is 0 Å². The molecule has 6 heteroatoms. The molecule has 0 radical (unpaired) electrons. The number of nitrogens with one attached hydrogen (secondary N) is 1. The first-order chi connectivity index (χ1) is 12.0. The lowest BCUT2D eigenvalue weighted by Gasteiger charge is -2.31. The summed E-state index contributed by atoms with van der Waals surface area (Å²) in [5, 5.41) is 2.97. The summed E-state index contributed by atoms with van der Waals surface area (Å²) in [7, 11) is 0. The molecule has 0 saturated carbocycles. The molecule has 4 nitrogen and oxygen atoms in total. The van der Waals surface area contributed by atoms with Crippen LogP contribution in [0.2, 0.25) is 0 Å². The number of piperidine rings is 1. The highest BCUT2D eigenvalue weighted by atomic mass is 127. The number of amides is 2. The summed E-state index contributed by atoms with van der Waals surface area (Å²) in [5.41, 5.74) is 1.29. The largest absolute Gasteiger partial charge is 0.339 e. The summed E-state index contributed by atoms with van der Waals surface area (Å²) in [5.74, 6) is -0.579. The number of benzene rings is 2. The summed E-state index contributed by atoms with van der Waals surface area (Å²) >= 11 is 2.19. The van der Waals surface area contributed by atoms with Crippen LogP contribution in [0.5, 0.6) is 0 Å². The van der Waals surface area contributed by atoms with E-state index >= 15 is 0 Å². The first kappa shape index (κ1) is 17.8. The van der Waals surface area contributed by atoms with E-state index in [2.05, 4.69) is 27.9 Å². The minimum absolute atomic E-state index is 0.00185. The molecule has 1 saturated heterocycles. The Morgan fingerprint density at radius 2 is 1.68 bits per heavy atom. The molecule has 2 aromatic rings. The van der Waals surface area contributed by atoms with Crippen molar-refractivity contribution in [2.24, 2.45) is 5.92 Å². The minimum Gasteiger partial charge on any atom is -0.339 e. The first-order valence-corrected chi connectivity index (χ1v) is 9.22. The fourth-order valence-electron chi connectivity index (χ4n) is 2.92. The van der Waals surface area contributed by atoms with E-state index in [0.717, 1.165) is 9.26 Å². The second kappa shape index (κ2) is 7.95. The van der Waals surface area contributed by atoms with Crippen molar-refractivity contribution in [2.75, 3.05) is 18.4 Å². The van der Waals surface area contributed by atoms with Crippen LogP contribution in [0.25, 0.3) is 0 Å². The number of likely N-dealkylation sites (tertiary alicyclic amines) is 1. The molecular weight excluding hydrogens is 434 g/mol. The van der Waals surface area contributed by atoms with Crippen molar-refractivity contribution in [3.05, 3.63) is 63.5 Å². The molecule has 0 bridgehead atoms. The van der Waals surface area contributed by atoms with Gasteiger partial charge in [-0.2, -0.15) is 0 Å². The van der Waals surface area contributed by atoms with Crippen LogP contribution < -0.4 is 5.32 Å². The molecule has 0 spiro atoms. The zero-order chi connectivity index (χ0) is 17.8. The number of hydrogen-bond acceptors (Lipinski definition) is 2. The molecule has 1 heterocycles. The van der Waals surface area contributed by atoms with Crippen molar-refractivity contribution in [3.63, 3.8) is 0 Å². The Morgan fingerprint density at radius 3 is 2.32 bits per heavy atom. The molecule has 1 aliphatic heterocycles. The third kappa shape index (κ3) is 4.36. The predicted molar refractivity (Wildman–Crippen MR) is 103 cm³/mol. The van der Waals surface area contributed by atoms with Gasteiger partial charge in [-0.15, -0.1) is 0 Å². The van der Waals surface area contributed by atoms with E-state index in [0.29, 0.717) is 31.5 Å². The quantitative estimate of drug-likeness (QED) is 0.718. The van der Waals surface area contributed by atoms with Gasteiger partial charge in [-0.05, 0) is 71.8 Å². The molecule has 0 atom stereocenters. The van der Waals surface area contributed by atoms with Gasteiger partial charge < -0.3 is 10.2 Å². The van der Waals surface area contributed by atoms with Gasteiger partial charge in [-0.3, -0.25) is 9.59 Å². The molecule has 1 aliphatic rings. The van der Waals surface area contributed by atoms with Crippen LogP contribution in [0.4, 0.5) is 10.1 Å². The van der Waals surface area contributed by atoms with Crippen LogP contribution >= 0.6 is 22.6 Å². The number of anilines is 1. The van der Waals surface area contributed by atoms with E-state index < -0.39 is 0 Å². The van der Waals surface area contributed by atoms with Crippen molar-refractivity contribution in [1.29, 1.82) is 0 Å². The van der Waals surface area contributed by atoms with Gasteiger partial charge in [-0.25, -0.2) is 4.39 Å². The van der Waals surface area contributed by atoms with Crippen LogP contribution in [-0.4, -0.2) is 29.8 Å². The third-order valence-electron chi connectivity index (χ3n) is 4.38. The third-order valence-corrected chi connectivity index (χ3v) is 5.32. The van der Waals surface area contributed by atoms with E-state index in [4.69, 9.17) is 0 Å². The Balaban J connectivity index is 1.56. The van der Waals surface area contributed by atoms with E-state index in [9.17, 15) is 14.0 Å². The number of carbonyl (C=O) groups excluding carboxylic acids is 2. The van der Waals surface area contributed by atoms with E-state index in [-0.39, 0.29) is 23.5 Å².